The lowest BCUT2D eigenvalue weighted by Crippen LogP contribution is -2.39. The standard InChI is InChI=1S/C13H14NO/c1-11-4-3-5-13(10-11)12-6-8-14(15-2)9-7-12/h3-10H,1-2H3/q+1. The van der Waals surface area contributed by atoms with Gasteiger partial charge >= 0.3 is 0 Å². The highest BCUT2D eigenvalue weighted by Gasteiger charge is 2.01. The van der Waals surface area contributed by atoms with Crippen LogP contribution in [0.5, 0.6) is 0 Å². The fourth-order valence-corrected chi connectivity index (χ4v) is 1.55. The second-order valence-electron chi connectivity index (χ2n) is 3.50. The third-order valence-corrected chi connectivity index (χ3v) is 2.36. The first-order chi connectivity index (χ1) is 7.29. The van der Waals surface area contributed by atoms with E-state index in [0.717, 1.165) is 0 Å². The van der Waals surface area contributed by atoms with Crippen molar-refractivity contribution in [3.8, 4) is 11.1 Å². The summed E-state index contributed by atoms with van der Waals surface area (Å²) in [6.45, 7) is 2.10. The molecular formula is C13H14NO+. The molecule has 0 aliphatic rings. The van der Waals surface area contributed by atoms with Crippen molar-refractivity contribution >= 4 is 0 Å². The van der Waals surface area contributed by atoms with Crippen molar-refractivity contribution in [1.29, 1.82) is 0 Å². The zero-order chi connectivity index (χ0) is 10.7. The van der Waals surface area contributed by atoms with E-state index < -0.39 is 0 Å². The van der Waals surface area contributed by atoms with Crippen molar-refractivity contribution in [2.45, 2.75) is 6.92 Å². The first-order valence-electron chi connectivity index (χ1n) is 4.92. The molecule has 1 heterocycles. The van der Waals surface area contributed by atoms with Crippen LogP contribution in [-0.2, 0) is 0 Å². The maximum absolute atomic E-state index is 5.05. The SMILES string of the molecule is CO[n+]1ccc(-c2cccc(C)c2)cc1. The molecule has 15 heavy (non-hydrogen) atoms. The summed E-state index contributed by atoms with van der Waals surface area (Å²) in [6, 6.07) is 12.5. The molecule has 1 aromatic carbocycles. The van der Waals surface area contributed by atoms with Crippen LogP contribution in [-0.4, -0.2) is 7.11 Å². The van der Waals surface area contributed by atoms with Crippen LogP contribution in [0, 0.1) is 6.92 Å². The molecule has 0 aliphatic heterocycles. The van der Waals surface area contributed by atoms with E-state index in [9.17, 15) is 0 Å². The van der Waals surface area contributed by atoms with Crippen molar-refractivity contribution in [2.24, 2.45) is 0 Å². The number of nitrogens with zero attached hydrogens (tertiary/aromatic N) is 1. The molecule has 0 saturated heterocycles. The summed E-state index contributed by atoms with van der Waals surface area (Å²) in [7, 11) is 1.65. The highest BCUT2D eigenvalue weighted by Crippen LogP contribution is 2.18. The lowest BCUT2D eigenvalue weighted by Gasteiger charge is -2.01. The number of aromatic nitrogens is 1. The van der Waals surface area contributed by atoms with E-state index in [0.29, 0.717) is 0 Å². The molecule has 0 amide bonds. The van der Waals surface area contributed by atoms with Crippen LogP contribution in [0.25, 0.3) is 11.1 Å². The molecule has 0 aliphatic carbocycles. The first kappa shape index (κ1) is 9.71. The highest BCUT2D eigenvalue weighted by atomic mass is 16.6. The summed E-state index contributed by atoms with van der Waals surface area (Å²) >= 11 is 0. The molecule has 0 spiro atoms. The molecule has 0 unspecified atom stereocenters. The van der Waals surface area contributed by atoms with Gasteiger partial charge in [0.15, 0.2) is 0 Å². The van der Waals surface area contributed by atoms with Gasteiger partial charge in [0.2, 0.25) is 12.4 Å². The average Bonchev–Trinajstić information content (AvgIpc) is 2.29. The molecule has 2 nitrogen and oxygen atoms in total. The van der Waals surface area contributed by atoms with E-state index >= 15 is 0 Å². The molecule has 2 aromatic rings. The summed E-state index contributed by atoms with van der Waals surface area (Å²) in [5, 5.41) is 0. The third kappa shape index (κ3) is 2.15. The van der Waals surface area contributed by atoms with Gasteiger partial charge in [-0.25, -0.2) is 0 Å². The van der Waals surface area contributed by atoms with Crippen molar-refractivity contribution < 1.29 is 9.57 Å². The fourth-order valence-electron chi connectivity index (χ4n) is 1.55. The van der Waals surface area contributed by atoms with Crippen molar-refractivity contribution in [1.82, 2.24) is 0 Å². The minimum atomic E-state index is 1.20. The second kappa shape index (κ2) is 4.13. The Hall–Kier alpha value is -1.83. The van der Waals surface area contributed by atoms with Crippen molar-refractivity contribution in [3.63, 3.8) is 0 Å². The van der Waals surface area contributed by atoms with Gasteiger partial charge in [-0.3, -0.25) is 4.84 Å². The maximum atomic E-state index is 5.05. The normalized spacial score (nSPS) is 10.0. The van der Waals surface area contributed by atoms with Gasteiger partial charge in [0.1, 0.15) is 7.11 Å². The molecular weight excluding hydrogens is 186 g/mol. The molecule has 0 N–H and O–H groups in total. The summed E-state index contributed by atoms with van der Waals surface area (Å²) in [5.74, 6) is 0. The summed E-state index contributed by atoms with van der Waals surface area (Å²) in [5.41, 5.74) is 3.71. The predicted molar refractivity (Wildman–Crippen MR) is 59.3 cm³/mol. The van der Waals surface area contributed by atoms with E-state index in [-0.39, 0.29) is 0 Å². The van der Waals surface area contributed by atoms with Gasteiger partial charge in [0.25, 0.3) is 0 Å². The molecule has 2 rings (SSSR count). The predicted octanol–water partition coefficient (Wildman–Crippen LogP) is 2.01. The maximum Gasteiger partial charge on any atom is 0.223 e. The Labute approximate surface area is 89.7 Å². The molecule has 0 fully saturated rings. The van der Waals surface area contributed by atoms with Crippen LogP contribution in [0.3, 0.4) is 0 Å². The van der Waals surface area contributed by atoms with Crippen molar-refractivity contribution in [2.75, 3.05) is 7.11 Å². The summed E-state index contributed by atoms with van der Waals surface area (Å²) < 4.78 is 1.67. The zero-order valence-corrected chi connectivity index (χ0v) is 8.97. The number of aryl methyl sites for hydroxylation is 1. The molecule has 0 saturated carbocycles. The lowest BCUT2D eigenvalue weighted by molar-refractivity contribution is -0.885. The average molecular weight is 200 g/mol. The largest absolute Gasteiger partial charge is 0.275 e. The van der Waals surface area contributed by atoms with Crippen molar-refractivity contribution in [3.05, 3.63) is 54.4 Å². The van der Waals surface area contributed by atoms with Crippen LogP contribution in [0.2, 0.25) is 0 Å². The van der Waals surface area contributed by atoms with Crippen LogP contribution in [0.1, 0.15) is 5.56 Å². The highest BCUT2D eigenvalue weighted by molar-refractivity contribution is 5.62. The number of pyridine rings is 1. The number of hydrogen-bond acceptors (Lipinski definition) is 1. The van der Waals surface area contributed by atoms with E-state index in [1.165, 1.54) is 16.7 Å². The summed E-state index contributed by atoms with van der Waals surface area (Å²) in [4.78, 5) is 5.05. The van der Waals surface area contributed by atoms with Gasteiger partial charge in [-0.1, -0.05) is 29.8 Å². The topological polar surface area (TPSA) is 13.1 Å². The van der Waals surface area contributed by atoms with Crippen LogP contribution < -0.4 is 9.57 Å². The zero-order valence-electron chi connectivity index (χ0n) is 8.97. The van der Waals surface area contributed by atoms with Crippen LogP contribution >= 0.6 is 0 Å². The number of benzene rings is 1. The quantitative estimate of drug-likeness (QED) is 0.676. The van der Waals surface area contributed by atoms with Gasteiger partial charge in [0.05, 0.1) is 0 Å². The minimum Gasteiger partial charge on any atom is -0.275 e. The number of rotatable bonds is 2. The van der Waals surface area contributed by atoms with Gasteiger partial charge < -0.3 is 0 Å². The van der Waals surface area contributed by atoms with Gasteiger partial charge in [-0.15, -0.1) is 0 Å². The van der Waals surface area contributed by atoms with E-state index in [1.807, 2.05) is 24.5 Å². The van der Waals surface area contributed by atoms with E-state index in [1.54, 1.807) is 11.8 Å². The molecule has 0 atom stereocenters. The molecule has 2 heteroatoms. The Morgan fingerprint density at radius 3 is 2.33 bits per heavy atom. The van der Waals surface area contributed by atoms with Crippen LogP contribution in [0.4, 0.5) is 0 Å². The van der Waals surface area contributed by atoms with E-state index in [4.69, 9.17) is 4.84 Å². The molecule has 76 valence electrons. The Kier molecular flexibility index (Phi) is 2.68. The smallest absolute Gasteiger partial charge is 0.223 e. The Morgan fingerprint density at radius 1 is 1.00 bits per heavy atom. The monoisotopic (exact) mass is 200 g/mol. The van der Waals surface area contributed by atoms with Gasteiger partial charge in [-0.2, -0.15) is 0 Å². The molecule has 1 aromatic heterocycles. The Balaban J connectivity index is 2.37. The number of hydrogen-bond donors (Lipinski definition) is 0. The van der Waals surface area contributed by atoms with Crippen LogP contribution in [0.15, 0.2) is 48.8 Å². The lowest BCUT2D eigenvalue weighted by atomic mass is 10.1. The second-order valence-corrected chi connectivity index (χ2v) is 3.50. The fraction of sp³-hybridized carbons (Fsp3) is 0.154. The molecule has 0 radical (unpaired) electrons. The first-order valence-corrected chi connectivity index (χ1v) is 4.92. The Morgan fingerprint density at radius 2 is 1.73 bits per heavy atom. The summed E-state index contributed by atoms with van der Waals surface area (Å²) in [6.07, 6.45) is 3.80. The molecule has 0 bridgehead atoms. The third-order valence-electron chi connectivity index (χ3n) is 2.36. The van der Waals surface area contributed by atoms with E-state index in [2.05, 4.69) is 31.2 Å². The van der Waals surface area contributed by atoms with Gasteiger partial charge in [0, 0.05) is 16.9 Å². The Bertz CT molecular complexity index is 448. The van der Waals surface area contributed by atoms with Gasteiger partial charge in [-0.05, 0) is 18.1 Å². The minimum absolute atomic E-state index is 1.20.